The van der Waals surface area contributed by atoms with Gasteiger partial charge in [0, 0.05) is 27.6 Å². The van der Waals surface area contributed by atoms with Crippen LogP contribution in [0.25, 0.3) is 0 Å². The van der Waals surface area contributed by atoms with Crippen molar-refractivity contribution in [1.29, 1.82) is 0 Å². The average molecular weight is 254 g/mol. The second kappa shape index (κ2) is 3.87. The van der Waals surface area contributed by atoms with Gasteiger partial charge in [-0.3, -0.25) is 0 Å². The number of rotatable bonds is 2. The van der Waals surface area contributed by atoms with Gasteiger partial charge in [0.1, 0.15) is 5.75 Å². The predicted molar refractivity (Wildman–Crippen MR) is 66.3 cm³/mol. The van der Waals surface area contributed by atoms with Gasteiger partial charge < -0.3 is 15.2 Å². The van der Waals surface area contributed by atoms with Crippen LogP contribution in [0.15, 0.2) is 12.1 Å². The highest BCUT2D eigenvalue weighted by molar-refractivity contribution is 6.30. The van der Waals surface area contributed by atoms with Gasteiger partial charge in [0.25, 0.3) is 0 Å². The average Bonchev–Trinajstić information content (AvgIpc) is 3.09. The standard InChI is InChI=1S/C13H16ClNO2/c1-8(15)13(2-3-13)11-5-10(14)4-9-6-16-7-17-12(9)11/h4-5,8H,2-3,6-7,15H2,1H3. The molecule has 2 aliphatic rings. The maximum absolute atomic E-state index is 6.17. The molecular formula is C13H16ClNO2. The summed E-state index contributed by atoms with van der Waals surface area (Å²) in [5, 5.41) is 0.736. The van der Waals surface area contributed by atoms with Crippen LogP contribution in [0.1, 0.15) is 30.9 Å². The minimum atomic E-state index is 0.0618. The molecule has 2 N–H and O–H groups in total. The number of ether oxygens (including phenoxy) is 2. The van der Waals surface area contributed by atoms with Crippen LogP contribution >= 0.6 is 11.6 Å². The van der Waals surface area contributed by atoms with Gasteiger partial charge in [-0.1, -0.05) is 11.6 Å². The van der Waals surface area contributed by atoms with E-state index in [1.165, 1.54) is 5.56 Å². The highest BCUT2D eigenvalue weighted by Gasteiger charge is 2.49. The zero-order chi connectivity index (χ0) is 12.0. The fourth-order valence-electron chi connectivity index (χ4n) is 2.65. The Bertz CT molecular complexity index is 455. The van der Waals surface area contributed by atoms with Gasteiger partial charge in [0.05, 0.1) is 6.61 Å². The molecular weight excluding hydrogens is 238 g/mol. The van der Waals surface area contributed by atoms with Crippen molar-refractivity contribution in [3.63, 3.8) is 0 Å². The molecule has 1 atom stereocenters. The molecule has 1 aliphatic heterocycles. The molecule has 17 heavy (non-hydrogen) atoms. The van der Waals surface area contributed by atoms with Gasteiger partial charge in [-0.2, -0.15) is 0 Å². The summed E-state index contributed by atoms with van der Waals surface area (Å²) in [6.07, 6.45) is 2.23. The van der Waals surface area contributed by atoms with Gasteiger partial charge >= 0.3 is 0 Å². The first-order valence-corrected chi connectivity index (χ1v) is 6.30. The summed E-state index contributed by atoms with van der Waals surface area (Å²) in [4.78, 5) is 0. The molecule has 4 heteroatoms. The zero-order valence-corrected chi connectivity index (χ0v) is 10.6. The van der Waals surface area contributed by atoms with Crippen molar-refractivity contribution in [3.05, 3.63) is 28.3 Å². The minimum absolute atomic E-state index is 0.0618. The van der Waals surface area contributed by atoms with Gasteiger partial charge in [-0.25, -0.2) is 0 Å². The van der Waals surface area contributed by atoms with Crippen molar-refractivity contribution in [1.82, 2.24) is 0 Å². The zero-order valence-electron chi connectivity index (χ0n) is 9.83. The van der Waals surface area contributed by atoms with E-state index in [1.54, 1.807) is 0 Å². The monoisotopic (exact) mass is 253 g/mol. The predicted octanol–water partition coefficient (Wildman–Crippen LogP) is 2.59. The third-order valence-corrected chi connectivity index (χ3v) is 4.09. The van der Waals surface area contributed by atoms with E-state index < -0.39 is 0 Å². The van der Waals surface area contributed by atoms with E-state index in [4.69, 9.17) is 26.8 Å². The molecule has 1 heterocycles. The molecule has 0 bridgehead atoms. The van der Waals surface area contributed by atoms with E-state index in [1.807, 2.05) is 12.1 Å². The van der Waals surface area contributed by atoms with E-state index in [2.05, 4.69) is 6.92 Å². The maximum atomic E-state index is 6.17. The Labute approximate surface area is 106 Å². The van der Waals surface area contributed by atoms with Crippen molar-refractivity contribution in [2.24, 2.45) is 5.73 Å². The molecule has 3 nitrogen and oxygen atoms in total. The smallest absolute Gasteiger partial charge is 0.189 e. The molecule has 1 unspecified atom stereocenters. The molecule has 0 spiro atoms. The lowest BCUT2D eigenvalue weighted by Gasteiger charge is -2.27. The lowest BCUT2D eigenvalue weighted by atomic mass is 9.87. The number of benzene rings is 1. The molecule has 1 fully saturated rings. The summed E-state index contributed by atoms with van der Waals surface area (Å²) in [7, 11) is 0. The Morgan fingerprint density at radius 1 is 1.41 bits per heavy atom. The van der Waals surface area contributed by atoms with Crippen molar-refractivity contribution in [2.45, 2.75) is 37.8 Å². The summed E-state index contributed by atoms with van der Waals surface area (Å²) < 4.78 is 10.9. The summed E-state index contributed by atoms with van der Waals surface area (Å²) in [6.45, 7) is 2.94. The number of halogens is 1. The Morgan fingerprint density at radius 2 is 2.18 bits per heavy atom. The third kappa shape index (κ3) is 1.73. The normalized spacial score (nSPS) is 22.5. The van der Waals surface area contributed by atoms with E-state index >= 15 is 0 Å². The third-order valence-electron chi connectivity index (χ3n) is 3.87. The lowest BCUT2D eigenvalue weighted by molar-refractivity contribution is -0.0174. The highest BCUT2D eigenvalue weighted by atomic mass is 35.5. The van der Waals surface area contributed by atoms with Gasteiger partial charge in [0.15, 0.2) is 6.79 Å². The van der Waals surface area contributed by atoms with Crippen LogP contribution in [0.5, 0.6) is 5.75 Å². The molecule has 0 radical (unpaired) electrons. The molecule has 0 saturated heterocycles. The highest BCUT2D eigenvalue weighted by Crippen LogP contribution is 2.54. The Morgan fingerprint density at radius 3 is 2.82 bits per heavy atom. The molecule has 1 aromatic carbocycles. The van der Waals surface area contributed by atoms with E-state index in [0.717, 1.165) is 29.2 Å². The first-order valence-electron chi connectivity index (χ1n) is 5.92. The van der Waals surface area contributed by atoms with Crippen LogP contribution in [0.2, 0.25) is 5.02 Å². The first-order chi connectivity index (χ1) is 8.13. The van der Waals surface area contributed by atoms with Crippen molar-refractivity contribution >= 4 is 11.6 Å². The molecule has 1 saturated carbocycles. The van der Waals surface area contributed by atoms with Crippen LogP contribution in [0, 0.1) is 0 Å². The fraction of sp³-hybridized carbons (Fsp3) is 0.538. The summed E-state index contributed by atoms with van der Waals surface area (Å²) in [5.74, 6) is 0.940. The Balaban J connectivity index is 2.13. The SMILES string of the molecule is CC(N)C1(c2cc(Cl)cc3c2OCOC3)CC1. The van der Waals surface area contributed by atoms with Crippen LogP contribution < -0.4 is 10.5 Å². The summed E-state index contributed by atoms with van der Waals surface area (Å²) in [6, 6.07) is 4.04. The second-order valence-electron chi connectivity index (χ2n) is 5.00. The van der Waals surface area contributed by atoms with E-state index in [0.29, 0.717) is 13.4 Å². The number of hydrogen-bond acceptors (Lipinski definition) is 3. The fourth-order valence-corrected chi connectivity index (χ4v) is 2.90. The quantitative estimate of drug-likeness (QED) is 0.881. The van der Waals surface area contributed by atoms with Gasteiger partial charge in [0.2, 0.25) is 0 Å². The molecule has 0 amide bonds. The maximum Gasteiger partial charge on any atom is 0.189 e. The van der Waals surface area contributed by atoms with Crippen LogP contribution in [0.3, 0.4) is 0 Å². The molecule has 0 aromatic heterocycles. The summed E-state index contributed by atoms with van der Waals surface area (Å²) >= 11 is 6.17. The summed E-state index contributed by atoms with van der Waals surface area (Å²) in [5.41, 5.74) is 8.38. The number of nitrogens with two attached hydrogens (primary N) is 1. The Hall–Kier alpha value is -0.770. The Kier molecular flexibility index (Phi) is 2.58. The van der Waals surface area contributed by atoms with Crippen molar-refractivity contribution in [3.8, 4) is 5.75 Å². The second-order valence-corrected chi connectivity index (χ2v) is 5.43. The van der Waals surface area contributed by atoms with Crippen LogP contribution in [0.4, 0.5) is 0 Å². The molecule has 1 aromatic rings. The molecule has 92 valence electrons. The van der Waals surface area contributed by atoms with Gasteiger partial charge in [-0.05, 0) is 31.9 Å². The van der Waals surface area contributed by atoms with Crippen molar-refractivity contribution < 1.29 is 9.47 Å². The van der Waals surface area contributed by atoms with Crippen LogP contribution in [-0.2, 0) is 16.8 Å². The first kappa shape index (κ1) is 11.3. The lowest BCUT2D eigenvalue weighted by Crippen LogP contribution is -2.32. The van der Waals surface area contributed by atoms with E-state index in [-0.39, 0.29) is 11.5 Å². The number of fused-ring (bicyclic) bond motifs is 1. The molecule has 3 rings (SSSR count). The largest absolute Gasteiger partial charge is 0.467 e. The number of hydrogen-bond donors (Lipinski definition) is 1. The van der Waals surface area contributed by atoms with Gasteiger partial charge in [-0.15, -0.1) is 0 Å². The van der Waals surface area contributed by atoms with E-state index in [9.17, 15) is 0 Å². The molecule has 1 aliphatic carbocycles. The minimum Gasteiger partial charge on any atom is -0.467 e. The van der Waals surface area contributed by atoms with Crippen LogP contribution in [-0.4, -0.2) is 12.8 Å². The topological polar surface area (TPSA) is 44.5 Å². The van der Waals surface area contributed by atoms with Crippen molar-refractivity contribution in [2.75, 3.05) is 6.79 Å².